The number of benzene rings is 1. The van der Waals surface area contributed by atoms with Crippen LogP contribution < -0.4 is 5.32 Å². The quantitative estimate of drug-likeness (QED) is 0.895. The van der Waals surface area contributed by atoms with E-state index in [1.54, 1.807) is 12.1 Å². The summed E-state index contributed by atoms with van der Waals surface area (Å²) in [5, 5.41) is 11.8. The first kappa shape index (κ1) is 12.3. The molecule has 0 aliphatic rings. The van der Waals surface area contributed by atoms with Crippen molar-refractivity contribution in [3.63, 3.8) is 0 Å². The van der Waals surface area contributed by atoms with Gasteiger partial charge in [0.2, 0.25) is 0 Å². The Balaban J connectivity index is 2.28. The third-order valence-corrected chi connectivity index (χ3v) is 2.47. The van der Waals surface area contributed by atoms with E-state index in [2.05, 4.69) is 10.3 Å². The second-order valence-corrected chi connectivity index (χ2v) is 3.87. The molecule has 1 aromatic heterocycles. The van der Waals surface area contributed by atoms with Gasteiger partial charge < -0.3 is 10.4 Å². The number of carboxylic acids is 1. The molecule has 0 saturated heterocycles. The van der Waals surface area contributed by atoms with Crippen molar-refractivity contribution < 1.29 is 14.3 Å². The van der Waals surface area contributed by atoms with Crippen LogP contribution in [0.1, 0.15) is 10.5 Å². The maximum atomic E-state index is 12.9. The number of nitrogens with zero attached hydrogens (tertiary/aromatic N) is 1. The zero-order valence-electron chi connectivity index (χ0n) is 9.02. The lowest BCUT2D eigenvalue weighted by molar-refractivity contribution is 0.0690. The molecule has 0 aliphatic carbocycles. The average molecular weight is 267 g/mol. The van der Waals surface area contributed by atoms with Crippen molar-refractivity contribution in [3.8, 4) is 0 Å². The molecule has 0 unspecified atom stereocenters. The van der Waals surface area contributed by atoms with Gasteiger partial charge in [0.1, 0.15) is 11.6 Å². The topological polar surface area (TPSA) is 62.2 Å². The predicted molar refractivity (Wildman–Crippen MR) is 65.9 cm³/mol. The van der Waals surface area contributed by atoms with Gasteiger partial charge in [0.15, 0.2) is 5.69 Å². The van der Waals surface area contributed by atoms with E-state index in [0.717, 1.165) is 6.07 Å². The minimum Gasteiger partial charge on any atom is -0.477 e. The number of carbonyl (C=O) groups is 1. The van der Waals surface area contributed by atoms with Gasteiger partial charge in [-0.15, -0.1) is 0 Å². The Bertz CT molecular complexity index is 604. The highest BCUT2D eigenvalue weighted by molar-refractivity contribution is 6.33. The largest absolute Gasteiger partial charge is 0.477 e. The second-order valence-electron chi connectivity index (χ2n) is 3.46. The molecule has 6 heteroatoms. The zero-order valence-corrected chi connectivity index (χ0v) is 9.78. The monoisotopic (exact) mass is 266 g/mol. The Morgan fingerprint density at radius 2 is 2.11 bits per heavy atom. The van der Waals surface area contributed by atoms with Gasteiger partial charge in [-0.3, -0.25) is 0 Å². The molecule has 1 aromatic carbocycles. The van der Waals surface area contributed by atoms with Crippen molar-refractivity contribution >= 4 is 29.1 Å². The number of nitrogens with one attached hydrogen (secondary N) is 1. The molecule has 0 atom stereocenters. The van der Waals surface area contributed by atoms with Crippen molar-refractivity contribution in [1.82, 2.24) is 4.98 Å². The van der Waals surface area contributed by atoms with Crippen LogP contribution in [-0.4, -0.2) is 16.1 Å². The van der Waals surface area contributed by atoms with E-state index in [9.17, 15) is 9.18 Å². The summed E-state index contributed by atoms with van der Waals surface area (Å²) >= 11 is 5.84. The molecule has 0 spiro atoms. The summed E-state index contributed by atoms with van der Waals surface area (Å²) in [7, 11) is 0. The van der Waals surface area contributed by atoms with Crippen LogP contribution in [0.4, 0.5) is 15.9 Å². The summed E-state index contributed by atoms with van der Waals surface area (Å²) in [6, 6.07) is 8.37. The van der Waals surface area contributed by atoms with Gasteiger partial charge in [0, 0.05) is 0 Å². The van der Waals surface area contributed by atoms with Crippen LogP contribution in [0.2, 0.25) is 5.02 Å². The molecule has 2 rings (SSSR count). The summed E-state index contributed by atoms with van der Waals surface area (Å²) in [4.78, 5) is 14.6. The lowest BCUT2D eigenvalue weighted by Crippen LogP contribution is -2.02. The van der Waals surface area contributed by atoms with E-state index < -0.39 is 11.8 Å². The molecule has 0 fully saturated rings. The second kappa shape index (κ2) is 5.01. The number of carboxylic acid groups (broad SMARTS) is 1. The van der Waals surface area contributed by atoms with Gasteiger partial charge in [-0.1, -0.05) is 17.7 Å². The highest BCUT2D eigenvalue weighted by Crippen LogP contribution is 2.25. The highest BCUT2D eigenvalue weighted by atomic mass is 35.5. The van der Waals surface area contributed by atoms with Crippen LogP contribution in [-0.2, 0) is 0 Å². The van der Waals surface area contributed by atoms with E-state index in [1.165, 1.54) is 18.2 Å². The first-order chi connectivity index (χ1) is 8.56. The van der Waals surface area contributed by atoms with E-state index in [4.69, 9.17) is 16.7 Å². The fourth-order valence-electron chi connectivity index (χ4n) is 1.35. The summed E-state index contributed by atoms with van der Waals surface area (Å²) < 4.78 is 12.9. The van der Waals surface area contributed by atoms with Gasteiger partial charge >= 0.3 is 5.97 Å². The number of rotatable bonds is 3. The Morgan fingerprint density at radius 3 is 2.78 bits per heavy atom. The Morgan fingerprint density at radius 1 is 1.33 bits per heavy atom. The van der Waals surface area contributed by atoms with Crippen LogP contribution in [0.5, 0.6) is 0 Å². The molecule has 4 nitrogen and oxygen atoms in total. The number of hydrogen-bond donors (Lipinski definition) is 2. The maximum absolute atomic E-state index is 12.9. The van der Waals surface area contributed by atoms with E-state index in [1.807, 2.05) is 0 Å². The van der Waals surface area contributed by atoms with Gasteiger partial charge in [0.25, 0.3) is 0 Å². The van der Waals surface area contributed by atoms with E-state index in [0.29, 0.717) is 11.5 Å². The third kappa shape index (κ3) is 2.75. The van der Waals surface area contributed by atoms with Crippen LogP contribution in [0.25, 0.3) is 0 Å². The van der Waals surface area contributed by atoms with Gasteiger partial charge in [0.05, 0.1) is 10.7 Å². The normalized spacial score (nSPS) is 10.1. The van der Waals surface area contributed by atoms with Crippen LogP contribution in [0.3, 0.4) is 0 Å². The number of aromatic carboxylic acids is 1. The molecule has 0 aliphatic heterocycles. The minimum atomic E-state index is -1.12. The number of halogens is 2. The SMILES string of the molecule is O=C(O)c1cccc(Nc2ccc(F)cc2Cl)n1. The molecule has 92 valence electrons. The lowest BCUT2D eigenvalue weighted by Gasteiger charge is -2.07. The summed E-state index contributed by atoms with van der Waals surface area (Å²) in [5.74, 6) is -1.25. The van der Waals surface area contributed by atoms with Crippen molar-refractivity contribution in [2.24, 2.45) is 0 Å². The molecule has 2 aromatic rings. The van der Waals surface area contributed by atoms with Gasteiger partial charge in [-0.25, -0.2) is 14.2 Å². The molecular formula is C12H8ClFN2O2. The van der Waals surface area contributed by atoms with E-state index >= 15 is 0 Å². The minimum absolute atomic E-state index is 0.0850. The molecule has 18 heavy (non-hydrogen) atoms. The number of pyridine rings is 1. The molecule has 2 N–H and O–H groups in total. The van der Waals surface area contributed by atoms with Crippen molar-refractivity contribution in [3.05, 3.63) is 52.9 Å². The third-order valence-electron chi connectivity index (χ3n) is 2.16. The Labute approximate surface area is 107 Å². The molecule has 1 heterocycles. The average Bonchev–Trinajstić information content (AvgIpc) is 2.33. The summed E-state index contributed by atoms with van der Waals surface area (Å²) in [5.41, 5.74) is 0.367. The first-order valence-corrected chi connectivity index (χ1v) is 5.36. The van der Waals surface area contributed by atoms with E-state index in [-0.39, 0.29) is 10.7 Å². The highest BCUT2D eigenvalue weighted by Gasteiger charge is 2.07. The fourth-order valence-corrected chi connectivity index (χ4v) is 1.57. The standard InChI is InChI=1S/C12H8ClFN2O2/c13-8-6-7(14)4-5-9(8)15-11-3-1-2-10(16-11)12(17)18/h1-6H,(H,15,16)(H,17,18). The maximum Gasteiger partial charge on any atom is 0.354 e. The summed E-state index contributed by atoms with van der Waals surface area (Å²) in [6.45, 7) is 0. The number of hydrogen-bond acceptors (Lipinski definition) is 3. The fraction of sp³-hybridized carbons (Fsp3) is 0. The molecule has 0 radical (unpaired) electrons. The molecular weight excluding hydrogens is 259 g/mol. The van der Waals surface area contributed by atoms with Crippen LogP contribution >= 0.6 is 11.6 Å². The zero-order chi connectivity index (χ0) is 13.1. The van der Waals surface area contributed by atoms with Gasteiger partial charge in [-0.2, -0.15) is 0 Å². The molecule has 0 bridgehead atoms. The molecule has 0 amide bonds. The van der Waals surface area contributed by atoms with Gasteiger partial charge in [-0.05, 0) is 30.3 Å². The number of aromatic nitrogens is 1. The van der Waals surface area contributed by atoms with Crippen LogP contribution in [0.15, 0.2) is 36.4 Å². The summed E-state index contributed by atoms with van der Waals surface area (Å²) in [6.07, 6.45) is 0. The first-order valence-electron chi connectivity index (χ1n) is 4.98. The number of anilines is 2. The van der Waals surface area contributed by atoms with Crippen molar-refractivity contribution in [2.75, 3.05) is 5.32 Å². The van der Waals surface area contributed by atoms with Crippen molar-refractivity contribution in [2.45, 2.75) is 0 Å². The predicted octanol–water partition coefficient (Wildman–Crippen LogP) is 3.32. The Kier molecular flexibility index (Phi) is 3.43. The smallest absolute Gasteiger partial charge is 0.354 e. The lowest BCUT2D eigenvalue weighted by atomic mass is 10.3. The van der Waals surface area contributed by atoms with Crippen LogP contribution in [0, 0.1) is 5.82 Å². The van der Waals surface area contributed by atoms with Crippen molar-refractivity contribution in [1.29, 1.82) is 0 Å². The Hall–Kier alpha value is -2.14. The molecule has 0 saturated carbocycles.